The van der Waals surface area contributed by atoms with Crippen LogP contribution in [0.5, 0.6) is 0 Å². The summed E-state index contributed by atoms with van der Waals surface area (Å²) in [7, 11) is 0. The van der Waals surface area contributed by atoms with Crippen molar-refractivity contribution in [3.63, 3.8) is 0 Å². The maximum absolute atomic E-state index is 13.3. The number of benzene rings is 1. The first-order chi connectivity index (χ1) is 11.7. The Bertz CT molecular complexity index is 645. The Morgan fingerprint density at radius 2 is 2.04 bits per heavy atom. The van der Waals surface area contributed by atoms with Crippen molar-refractivity contribution in [1.82, 2.24) is 15.5 Å². The molecule has 2 rings (SSSR count). The van der Waals surface area contributed by atoms with Gasteiger partial charge in [0, 0.05) is 49.9 Å². The molecule has 25 heavy (non-hydrogen) atoms. The van der Waals surface area contributed by atoms with Crippen LogP contribution < -0.4 is 10.6 Å². The van der Waals surface area contributed by atoms with E-state index in [2.05, 4.69) is 10.6 Å². The number of halogens is 3. The van der Waals surface area contributed by atoms with Gasteiger partial charge in [0.15, 0.2) is 0 Å². The van der Waals surface area contributed by atoms with E-state index in [0.29, 0.717) is 13.1 Å². The van der Waals surface area contributed by atoms with E-state index in [1.165, 1.54) is 30.0 Å². The van der Waals surface area contributed by atoms with E-state index in [0.717, 1.165) is 0 Å². The lowest BCUT2D eigenvalue weighted by molar-refractivity contribution is -0.385. The minimum absolute atomic E-state index is 0.00423. The number of nitrogens with one attached hydrogen (secondary N) is 2. The molecule has 0 radical (unpaired) electrons. The average Bonchev–Trinajstić information content (AvgIpc) is 2.54. The molecule has 0 bridgehead atoms. The Kier molecular flexibility index (Phi) is 5.96. The summed E-state index contributed by atoms with van der Waals surface area (Å²) >= 11 is 0. The van der Waals surface area contributed by atoms with E-state index >= 15 is 0 Å². The molecule has 1 fully saturated rings. The highest BCUT2D eigenvalue weighted by Gasteiger charge is 2.43. The highest BCUT2D eigenvalue weighted by atomic mass is 19.4. The van der Waals surface area contributed by atoms with Crippen LogP contribution in [0.4, 0.5) is 18.9 Å². The zero-order valence-corrected chi connectivity index (χ0v) is 13.6. The van der Waals surface area contributed by atoms with Gasteiger partial charge in [-0.1, -0.05) is 6.07 Å². The van der Waals surface area contributed by atoms with Crippen molar-refractivity contribution < 1.29 is 22.9 Å². The summed E-state index contributed by atoms with van der Waals surface area (Å²) < 4.78 is 39.9. The van der Waals surface area contributed by atoms with Crippen LogP contribution in [-0.2, 0) is 0 Å². The molecule has 1 aliphatic rings. The smallest absolute Gasteiger partial charge is 0.350 e. The predicted molar refractivity (Wildman–Crippen MR) is 84.5 cm³/mol. The summed E-state index contributed by atoms with van der Waals surface area (Å²) in [4.78, 5) is 23.8. The van der Waals surface area contributed by atoms with E-state index in [9.17, 15) is 28.1 Å². The molecule has 2 N–H and O–H groups in total. The van der Waals surface area contributed by atoms with E-state index in [1.54, 1.807) is 0 Å². The van der Waals surface area contributed by atoms with Gasteiger partial charge in [-0.05, 0) is 13.0 Å². The van der Waals surface area contributed by atoms with Gasteiger partial charge in [0.05, 0.1) is 4.92 Å². The molecule has 0 aromatic heterocycles. The van der Waals surface area contributed by atoms with Crippen LogP contribution in [0.3, 0.4) is 0 Å². The van der Waals surface area contributed by atoms with Crippen molar-refractivity contribution in [2.75, 3.05) is 32.7 Å². The van der Waals surface area contributed by atoms with Crippen LogP contribution >= 0.6 is 0 Å². The van der Waals surface area contributed by atoms with Crippen molar-refractivity contribution in [2.45, 2.75) is 19.1 Å². The van der Waals surface area contributed by atoms with Crippen molar-refractivity contribution in [1.29, 1.82) is 0 Å². The molecule has 1 aromatic carbocycles. The van der Waals surface area contributed by atoms with E-state index in [-0.39, 0.29) is 29.9 Å². The molecule has 1 aliphatic heterocycles. The second-order valence-corrected chi connectivity index (χ2v) is 5.76. The number of hydrogen-bond donors (Lipinski definition) is 2. The van der Waals surface area contributed by atoms with Crippen LogP contribution in [0.1, 0.15) is 15.9 Å². The molecule has 1 heterocycles. The molecule has 1 saturated heterocycles. The fourth-order valence-corrected chi connectivity index (χ4v) is 2.80. The van der Waals surface area contributed by atoms with E-state index in [1.807, 2.05) is 0 Å². The van der Waals surface area contributed by atoms with Crippen molar-refractivity contribution in [3.8, 4) is 0 Å². The molecule has 1 amide bonds. The first-order valence-corrected chi connectivity index (χ1v) is 7.75. The summed E-state index contributed by atoms with van der Waals surface area (Å²) in [6.45, 7) is 2.15. The number of carbonyl (C=O) groups excluding carboxylic acids is 1. The van der Waals surface area contributed by atoms with Crippen LogP contribution in [0, 0.1) is 17.0 Å². The third-order valence-corrected chi connectivity index (χ3v) is 4.17. The predicted octanol–water partition coefficient (Wildman–Crippen LogP) is 1.47. The highest BCUT2D eigenvalue weighted by Crippen LogP contribution is 2.25. The SMILES string of the molecule is Cc1c(C(=O)NCC(N2CCNCC2)C(F)(F)F)cccc1[N+](=O)[O-]. The molecule has 1 atom stereocenters. The summed E-state index contributed by atoms with van der Waals surface area (Å²) in [6.07, 6.45) is -4.48. The van der Waals surface area contributed by atoms with Crippen molar-refractivity contribution in [3.05, 3.63) is 39.4 Å². The van der Waals surface area contributed by atoms with Crippen LogP contribution in [0.2, 0.25) is 0 Å². The van der Waals surface area contributed by atoms with Gasteiger partial charge in [-0.25, -0.2) is 0 Å². The third kappa shape index (κ3) is 4.67. The van der Waals surface area contributed by atoms with Crippen molar-refractivity contribution in [2.24, 2.45) is 0 Å². The van der Waals surface area contributed by atoms with Gasteiger partial charge in [-0.15, -0.1) is 0 Å². The number of rotatable bonds is 5. The second kappa shape index (κ2) is 7.79. The molecule has 7 nitrogen and oxygen atoms in total. The number of carbonyl (C=O) groups is 1. The lowest BCUT2D eigenvalue weighted by atomic mass is 10.1. The average molecular weight is 360 g/mol. The van der Waals surface area contributed by atoms with Gasteiger partial charge in [-0.2, -0.15) is 13.2 Å². The van der Waals surface area contributed by atoms with Crippen LogP contribution in [0.25, 0.3) is 0 Å². The fourth-order valence-electron chi connectivity index (χ4n) is 2.80. The monoisotopic (exact) mass is 360 g/mol. The molecule has 10 heteroatoms. The molecular weight excluding hydrogens is 341 g/mol. The first kappa shape index (κ1) is 19.1. The maximum Gasteiger partial charge on any atom is 0.405 e. The number of alkyl halides is 3. The zero-order valence-electron chi connectivity index (χ0n) is 13.6. The molecule has 1 aromatic rings. The lowest BCUT2D eigenvalue weighted by Gasteiger charge is -2.35. The third-order valence-electron chi connectivity index (χ3n) is 4.17. The van der Waals surface area contributed by atoms with E-state index < -0.39 is 29.6 Å². The highest BCUT2D eigenvalue weighted by molar-refractivity contribution is 5.96. The fraction of sp³-hybridized carbons (Fsp3) is 0.533. The Hall–Kier alpha value is -2.20. The van der Waals surface area contributed by atoms with Gasteiger partial charge in [0.25, 0.3) is 11.6 Å². The summed E-state index contributed by atoms with van der Waals surface area (Å²) in [5, 5.41) is 16.2. The number of nitrogens with zero attached hydrogens (tertiary/aromatic N) is 2. The standard InChI is InChI=1S/C15H19F3N4O3/c1-10-11(3-2-4-12(10)22(24)25)14(23)20-9-13(15(16,17)18)21-7-5-19-6-8-21/h2-4,13,19H,5-9H2,1H3,(H,20,23). The van der Waals surface area contributed by atoms with Gasteiger partial charge >= 0.3 is 6.18 Å². The molecule has 0 spiro atoms. The Balaban J connectivity index is 2.11. The minimum atomic E-state index is -4.48. The first-order valence-electron chi connectivity index (χ1n) is 7.75. The maximum atomic E-state index is 13.3. The second-order valence-electron chi connectivity index (χ2n) is 5.76. The zero-order chi connectivity index (χ0) is 18.6. The number of amides is 1. The summed E-state index contributed by atoms with van der Waals surface area (Å²) in [6, 6.07) is 2.13. The van der Waals surface area contributed by atoms with E-state index in [4.69, 9.17) is 0 Å². The molecular formula is C15H19F3N4O3. The Morgan fingerprint density at radius 3 is 2.60 bits per heavy atom. The van der Waals surface area contributed by atoms with Gasteiger partial charge in [-0.3, -0.25) is 19.8 Å². The summed E-state index contributed by atoms with van der Waals surface area (Å²) in [5.74, 6) is -0.759. The lowest BCUT2D eigenvalue weighted by Crippen LogP contribution is -2.57. The molecule has 0 aliphatic carbocycles. The largest absolute Gasteiger partial charge is 0.405 e. The number of hydrogen-bond acceptors (Lipinski definition) is 5. The minimum Gasteiger partial charge on any atom is -0.350 e. The number of nitro benzene ring substituents is 1. The normalized spacial score (nSPS) is 17.1. The van der Waals surface area contributed by atoms with Gasteiger partial charge in [0.1, 0.15) is 6.04 Å². The van der Waals surface area contributed by atoms with Crippen LogP contribution in [0.15, 0.2) is 18.2 Å². The molecule has 0 saturated carbocycles. The molecule has 138 valence electrons. The topological polar surface area (TPSA) is 87.5 Å². The molecule has 1 unspecified atom stereocenters. The Labute approximate surface area is 142 Å². The number of piperazine rings is 1. The van der Waals surface area contributed by atoms with Gasteiger partial charge < -0.3 is 10.6 Å². The quantitative estimate of drug-likeness (QED) is 0.613. The van der Waals surface area contributed by atoms with Gasteiger partial charge in [0.2, 0.25) is 0 Å². The van der Waals surface area contributed by atoms with Crippen molar-refractivity contribution >= 4 is 11.6 Å². The summed E-state index contributed by atoms with van der Waals surface area (Å²) in [5.41, 5.74) is -0.131. The number of nitro groups is 1. The van der Waals surface area contributed by atoms with Crippen LogP contribution in [-0.4, -0.2) is 60.7 Å². The Morgan fingerprint density at radius 1 is 1.40 bits per heavy atom.